The molecule has 0 spiro atoms. The van der Waals surface area contributed by atoms with Crippen molar-refractivity contribution in [1.29, 1.82) is 0 Å². The molecule has 0 bridgehead atoms. The monoisotopic (exact) mass is 428 g/mol. The highest BCUT2D eigenvalue weighted by atomic mass is 35.5. The number of ether oxygens (including phenoxy) is 1. The maximum Gasteiger partial charge on any atom is 0.278 e. The first-order valence-corrected chi connectivity index (χ1v) is 10.6. The van der Waals surface area contributed by atoms with Gasteiger partial charge in [0, 0.05) is 18.2 Å². The summed E-state index contributed by atoms with van der Waals surface area (Å²) in [6.45, 7) is 2.71. The molecule has 1 unspecified atom stereocenters. The molecule has 0 radical (unpaired) electrons. The van der Waals surface area contributed by atoms with Crippen molar-refractivity contribution in [1.82, 2.24) is 14.9 Å². The second-order valence-corrected chi connectivity index (χ2v) is 8.09. The number of anilines is 1. The van der Waals surface area contributed by atoms with Crippen LogP contribution in [-0.4, -0.2) is 28.0 Å². The zero-order valence-electron chi connectivity index (χ0n) is 17.2. The second kappa shape index (κ2) is 8.92. The molecular weight excluding hydrogens is 404 g/mol. The number of fused-ring (bicyclic) bond motifs is 1. The molecule has 1 aliphatic rings. The van der Waals surface area contributed by atoms with Crippen LogP contribution in [0.2, 0.25) is 5.02 Å². The van der Waals surface area contributed by atoms with Gasteiger partial charge in [-0.3, -0.25) is 9.48 Å². The van der Waals surface area contributed by atoms with Gasteiger partial charge in [-0.05, 0) is 36.5 Å². The Morgan fingerprint density at radius 3 is 3.07 bits per heavy atom. The van der Waals surface area contributed by atoms with E-state index in [0.717, 1.165) is 49.0 Å². The van der Waals surface area contributed by atoms with Crippen LogP contribution in [0.1, 0.15) is 53.6 Å². The number of aryl methyl sites for hydroxylation is 1. The number of hydrogen-bond acceptors (Lipinski definition) is 5. The number of carbonyl (C=O) groups excluding carboxylic acids is 1. The van der Waals surface area contributed by atoms with Crippen molar-refractivity contribution in [3.63, 3.8) is 0 Å². The summed E-state index contributed by atoms with van der Waals surface area (Å²) >= 11 is 6.19. The summed E-state index contributed by atoms with van der Waals surface area (Å²) in [6.07, 6.45) is 8.51. The molecular formula is C22H25ClN4O3. The number of nitrogens with one attached hydrogen (secondary N) is 1. The summed E-state index contributed by atoms with van der Waals surface area (Å²) in [7, 11) is 1.58. The standard InChI is InChI=1S/C22H25ClN4O3/c1-3-4-14-5-7-19-17(9-14)21(26-30-19)22(28)25-16-11-24-27(13-16)12-15-6-8-20(29-2)18(23)10-15/h6,8,10-11,13-14H,3-5,7,9,12H2,1-2H3,(H,25,28). The average molecular weight is 429 g/mol. The minimum Gasteiger partial charge on any atom is -0.495 e. The molecule has 7 nitrogen and oxygen atoms in total. The van der Waals surface area contributed by atoms with Crippen molar-refractivity contribution < 1.29 is 14.1 Å². The van der Waals surface area contributed by atoms with Gasteiger partial charge in [-0.1, -0.05) is 42.6 Å². The molecule has 0 aliphatic heterocycles. The van der Waals surface area contributed by atoms with Crippen LogP contribution in [0.15, 0.2) is 35.1 Å². The van der Waals surface area contributed by atoms with Gasteiger partial charge < -0.3 is 14.6 Å². The van der Waals surface area contributed by atoms with Crippen LogP contribution in [0.25, 0.3) is 0 Å². The summed E-state index contributed by atoms with van der Waals surface area (Å²) in [5.74, 6) is 1.81. The van der Waals surface area contributed by atoms with Gasteiger partial charge in [-0.2, -0.15) is 5.10 Å². The van der Waals surface area contributed by atoms with E-state index in [1.165, 1.54) is 0 Å². The zero-order chi connectivity index (χ0) is 21.1. The van der Waals surface area contributed by atoms with Gasteiger partial charge in [-0.25, -0.2) is 0 Å². The Bertz CT molecular complexity index is 1040. The molecule has 4 rings (SSSR count). The van der Waals surface area contributed by atoms with E-state index in [1.54, 1.807) is 24.2 Å². The fraction of sp³-hybridized carbons (Fsp3) is 0.409. The normalized spacial score (nSPS) is 15.6. The summed E-state index contributed by atoms with van der Waals surface area (Å²) in [4.78, 5) is 12.8. The van der Waals surface area contributed by atoms with Crippen LogP contribution in [-0.2, 0) is 19.4 Å². The molecule has 158 valence electrons. The number of nitrogens with zero attached hydrogens (tertiary/aromatic N) is 3. The molecule has 3 aromatic rings. The quantitative estimate of drug-likeness (QED) is 0.587. The van der Waals surface area contributed by atoms with Crippen molar-refractivity contribution in [3.8, 4) is 5.75 Å². The van der Waals surface area contributed by atoms with Crippen molar-refractivity contribution in [2.45, 2.75) is 45.6 Å². The maximum absolute atomic E-state index is 12.8. The van der Waals surface area contributed by atoms with Gasteiger partial charge >= 0.3 is 0 Å². The number of hydrogen-bond donors (Lipinski definition) is 1. The first kappa shape index (κ1) is 20.5. The SMILES string of the molecule is CCCC1CCc2onc(C(=O)Nc3cnn(Cc4ccc(OC)c(Cl)c4)c3)c2C1. The minimum atomic E-state index is -0.260. The lowest BCUT2D eigenvalue weighted by Crippen LogP contribution is -2.18. The van der Waals surface area contributed by atoms with Crippen LogP contribution in [0.4, 0.5) is 5.69 Å². The highest BCUT2D eigenvalue weighted by Crippen LogP contribution is 2.31. The van der Waals surface area contributed by atoms with Crippen LogP contribution < -0.4 is 10.1 Å². The lowest BCUT2D eigenvalue weighted by atomic mass is 9.84. The molecule has 1 aliphatic carbocycles. The Morgan fingerprint density at radius 1 is 1.43 bits per heavy atom. The lowest BCUT2D eigenvalue weighted by molar-refractivity contribution is 0.101. The topological polar surface area (TPSA) is 82.2 Å². The fourth-order valence-corrected chi connectivity index (χ4v) is 4.29. The predicted molar refractivity (Wildman–Crippen MR) is 114 cm³/mol. The van der Waals surface area contributed by atoms with E-state index in [9.17, 15) is 4.79 Å². The Kier molecular flexibility index (Phi) is 6.08. The summed E-state index contributed by atoms with van der Waals surface area (Å²) < 4.78 is 12.3. The van der Waals surface area contributed by atoms with Crippen LogP contribution >= 0.6 is 11.6 Å². The second-order valence-electron chi connectivity index (χ2n) is 7.68. The first-order chi connectivity index (χ1) is 14.6. The van der Waals surface area contributed by atoms with E-state index in [2.05, 4.69) is 22.5 Å². The summed E-state index contributed by atoms with van der Waals surface area (Å²) in [6, 6.07) is 5.59. The van der Waals surface area contributed by atoms with E-state index < -0.39 is 0 Å². The molecule has 0 saturated heterocycles. The van der Waals surface area contributed by atoms with Crippen LogP contribution in [0.3, 0.4) is 0 Å². The highest BCUT2D eigenvalue weighted by molar-refractivity contribution is 6.32. The third kappa shape index (κ3) is 4.36. The Hall–Kier alpha value is -2.80. The van der Waals surface area contributed by atoms with Gasteiger partial charge in [0.2, 0.25) is 0 Å². The predicted octanol–water partition coefficient (Wildman–Crippen LogP) is 4.74. The van der Waals surface area contributed by atoms with Crippen molar-refractivity contribution in [2.75, 3.05) is 12.4 Å². The molecule has 1 N–H and O–H groups in total. The van der Waals surface area contributed by atoms with E-state index in [-0.39, 0.29) is 5.91 Å². The largest absolute Gasteiger partial charge is 0.495 e. The number of methoxy groups -OCH3 is 1. The van der Waals surface area contributed by atoms with Gasteiger partial charge in [0.05, 0.1) is 30.6 Å². The molecule has 1 aromatic carbocycles. The number of carbonyl (C=O) groups is 1. The van der Waals surface area contributed by atoms with Crippen molar-refractivity contribution in [2.24, 2.45) is 5.92 Å². The zero-order valence-corrected chi connectivity index (χ0v) is 17.9. The highest BCUT2D eigenvalue weighted by Gasteiger charge is 2.28. The van der Waals surface area contributed by atoms with Crippen LogP contribution in [0.5, 0.6) is 5.75 Å². The number of halogens is 1. The molecule has 2 heterocycles. The smallest absolute Gasteiger partial charge is 0.278 e. The van der Waals surface area contributed by atoms with Gasteiger partial charge in [0.1, 0.15) is 11.5 Å². The minimum absolute atomic E-state index is 0.260. The summed E-state index contributed by atoms with van der Waals surface area (Å²) in [5, 5.41) is 11.8. The first-order valence-electron chi connectivity index (χ1n) is 10.2. The number of amides is 1. The number of rotatable bonds is 7. The number of aromatic nitrogens is 3. The maximum atomic E-state index is 12.8. The van der Waals surface area contributed by atoms with E-state index in [0.29, 0.717) is 34.6 Å². The van der Waals surface area contributed by atoms with Crippen LogP contribution in [0, 0.1) is 5.92 Å². The fourth-order valence-electron chi connectivity index (χ4n) is 4.01. The van der Waals surface area contributed by atoms with Crippen molar-refractivity contribution >= 4 is 23.2 Å². The molecule has 0 fully saturated rings. The Morgan fingerprint density at radius 2 is 2.30 bits per heavy atom. The van der Waals surface area contributed by atoms with E-state index >= 15 is 0 Å². The summed E-state index contributed by atoms with van der Waals surface area (Å²) in [5.41, 5.74) is 2.93. The molecule has 1 amide bonds. The molecule has 8 heteroatoms. The third-order valence-electron chi connectivity index (χ3n) is 5.51. The van der Waals surface area contributed by atoms with Crippen molar-refractivity contribution in [3.05, 3.63) is 58.2 Å². The Labute approximate surface area is 180 Å². The average Bonchev–Trinajstić information content (AvgIpc) is 3.35. The van der Waals surface area contributed by atoms with Gasteiger partial charge in [0.15, 0.2) is 5.69 Å². The van der Waals surface area contributed by atoms with E-state index in [4.69, 9.17) is 20.9 Å². The molecule has 0 saturated carbocycles. The van der Waals surface area contributed by atoms with Gasteiger partial charge in [-0.15, -0.1) is 0 Å². The number of benzene rings is 1. The van der Waals surface area contributed by atoms with Gasteiger partial charge in [0.25, 0.3) is 5.91 Å². The lowest BCUT2D eigenvalue weighted by Gasteiger charge is -2.20. The Balaban J connectivity index is 1.43. The molecule has 30 heavy (non-hydrogen) atoms. The van der Waals surface area contributed by atoms with E-state index in [1.807, 2.05) is 18.2 Å². The molecule has 1 atom stereocenters. The molecule has 2 aromatic heterocycles. The third-order valence-corrected chi connectivity index (χ3v) is 5.80.